The van der Waals surface area contributed by atoms with Gasteiger partial charge in [0.15, 0.2) is 0 Å². The monoisotopic (exact) mass is 196 g/mol. The molecule has 1 aliphatic heterocycles. The van der Waals surface area contributed by atoms with Gasteiger partial charge in [-0.3, -0.25) is 4.79 Å². The number of hydrogen-bond donors (Lipinski definition) is 0. The lowest BCUT2D eigenvalue weighted by molar-refractivity contribution is -0.124. The third-order valence-corrected chi connectivity index (χ3v) is 3.19. The Morgan fingerprint density at radius 1 is 1.71 bits per heavy atom. The normalized spacial score (nSPS) is 27.2. The van der Waals surface area contributed by atoms with Crippen LogP contribution in [-0.2, 0) is 9.53 Å². The van der Waals surface area contributed by atoms with Crippen LogP contribution < -0.4 is 0 Å². The summed E-state index contributed by atoms with van der Waals surface area (Å²) in [6.45, 7) is 10.6. The molecule has 0 N–H and O–H groups in total. The largest absolute Gasteiger partial charge is 0.377 e. The first kappa shape index (κ1) is 11.4. The van der Waals surface area contributed by atoms with E-state index >= 15 is 0 Å². The molecule has 1 aliphatic rings. The van der Waals surface area contributed by atoms with Crippen molar-refractivity contribution in [2.24, 2.45) is 11.3 Å². The first-order valence-electron chi connectivity index (χ1n) is 5.24. The molecule has 1 saturated heterocycles. The quantitative estimate of drug-likeness (QED) is 0.646. The summed E-state index contributed by atoms with van der Waals surface area (Å²) in [5.41, 5.74) is 0.149. The Morgan fingerprint density at radius 2 is 2.36 bits per heavy atom. The fourth-order valence-corrected chi connectivity index (χ4v) is 1.69. The first-order chi connectivity index (χ1) is 6.47. The summed E-state index contributed by atoms with van der Waals surface area (Å²) >= 11 is 0. The molecule has 1 fully saturated rings. The van der Waals surface area contributed by atoms with Crippen LogP contribution in [0.2, 0.25) is 0 Å². The van der Waals surface area contributed by atoms with Crippen molar-refractivity contribution >= 4 is 5.78 Å². The van der Waals surface area contributed by atoms with E-state index in [1.165, 1.54) is 0 Å². The summed E-state index contributed by atoms with van der Waals surface area (Å²) in [6, 6.07) is 0. The average Bonchev–Trinajstić information content (AvgIpc) is 2.44. The van der Waals surface area contributed by atoms with E-state index < -0.39 is 0 Å². The average molecular weight is 196 g/mol. The zero-order valence-electron chi connectivity index (χ0n) is 9.38. The van der Waals surface area contributed by atoms with Crippen molar-refractivity contribution in [1.82, 2.24) is 0 Å². The third kappa shape index (κ3) is 2.44. The topological polar surface area (TPSA) is 26.3 Å². The zero-order valence-corrected chi connectivity index (χ0v) is 9.38. The second-order valence-electron chi connectivity index (χ2n) is 4.79. The molecule has 0 aromatic heterocycles. The number of carbonyl (C=O) groups excluding carboxylic acids is 1. The first-order valence-corrected chi connectivity index (χ1v) is 5.24. The van der Waals surface area contributed by atoms with Crippen molar-refractivity contribution in [1.29, 1.82) is 0 Å². The lowest BCUT2D eigenvalue weighted by Crippen LogP contribution is -2.28. The van der Waals surface area contributed by atoms with Crippen LogP contribution in [0.4, 0.5) is 0 Å². The number of Topliss-reactive ketones (excluding diaryl/α,β-unsaturated/α-hetero) is 1. The van der Waals surface area contributed by atoms with E-state index in [0.717, 1.165) is 13.0 Å². The van der Waals surface area contributed by atoms with E-state index in [1.807, 2.05) is 6.92 Å². The number of carbonyl (C=O) groups is 1. The van der Waals surface area contributed by atoms with Gasteiger partial charge in [-0.2, -0.15) is 0 Å². The van der Waals surface area contributed by atoms with Gasteiger partial charge in [-0.1, -0.05) is 26.8 Å². The molecule has 2 atom stereocenters. The molecule has 0 aromatic carbocycles. The van der Waals surface area contributed by atoms with Gasteiger partial charge in [0.25, 0.3) is 0 Å². The summed E-state index contributed by atoms with van der Waals surface area (Å²) in [4.78, 5) is 11.7. The van der Waals surface area contributed by atoms with Gasteiger partial charge in [0, 0.05) is 18.9 Å². The van der Waals surface area contributed by atoms with Crippen molar-refractivity contribution in [2.75, 3.05) is 6.61 Å². The van der Waals surface area contributed by atoms with Crippen LogP contribution in [0.5, 0.6) is 0 Å². The fraction of sp³-hybridized carbons (Fsp3) is 0.750. The molecule has 0 radical (unpaired) electrons. The van der Waals surface area contributed by atoms with Crippen LogP contribution in [0.1, 0.15) is 33.6 Å². The Morgan fingerprint density at radius 3 is 2.79 bits per heavy atom. The summed E-state index contributed by atoms with van der Waals surface area (Å²) in [6.07, 6.45) is 3.37. The van der Waals surface area contributed by atoms with Crippen molar-refractivity contribution in [3.63, 3.8) is 0 Å². The maximum Gasteiger partial charge on any atom is 0.142 e. The van der Waals surface area contributed by atoms with E-state index in [4.69, 9.17) is 4.74 Å². The van der Waals surface area contributed by atoms with Crippen LogP contribution in [-0.4, -0.2) is 18.5 Å². The van der Waals surface area contributed by atoms with Crippen molar-refractivity contribution in [3.8, 4) is 0 Å². The number of ether oxygens (including phenoxy) is 1. The van der Waals surface area contributed by atoms with Gasteiger partial charge < -0.3 is 4.74 Å². The molecule has 2 unspecified atom stereocenters. The van der Waals surface area contributed by atoms with Crippen LogP contribution in [0.15, 0.2) is 12.7 Å². The number of rotatable bonds is 4. The van der Waals surface area contributed by atoms with E-state index in [0.29, 0.717) is 6.42 Å². The molecule has 0 spiro atoms. The molecule has 80 valence electrons. The zero-order chi connectivity index (χ0) is 10.8. The highest BCUT2D eigenvalue weighted by molar-refractivity contribution is 5.82. The Kier molecular flexibility index (Phi) is 3.48. The van der Waals surface area contributed by atoms with Gasteiger partial charge in [0.2, 0.25) is 0 Å². The highest BCUT2D eigenvalue weighted by Crippen LogP contribution is 2.36. The van der Waals surface area contributed by atoms with Crippen LogP contribution >= 0.6 is 0 Å². The smallest absolute Gasteiger partial charge is 0.142 e. The molecule has 2 heteroatoms. The molecule has 0 saturated carbocycles. The predicted octanol–water partition coefficient (Wildman–Crippen LogP) is 2.58. The SMILES string of the molecule is C=CC(C)C(=O)CC1OCCC1(C)C. The van der Waals surface area contributed by atoms with Crippen molar-refractivity contribution in [3.05, 3.63) is 12.7 Å². The van der Waals surface area contributed by atoms with E-state index in [9.17, 15) is 4.79 Å². The van der Waals surface area contributed by atoms with E-state index in [2.05, 4.69) is 20.4 Å². The van der Waals surface area contributed by atoms with E-state index in [1.54, 1.807) is 6.08 Å². The minimum absolute atomic E-state index is 0.0463. The number of allylic oxidation sites excluding steroid dienone is 1. The predicted molar refractivity (Wildman–Crippen MR) is 57.1 cm³/mol. The highest BCUT2D eigenvalue weighted by Gasteiger charge is 2.37. The molecule has 0 amide bonds. The maximum absolute atomic E-state index is 11.7. The molecule has 2 nitrogen and oxygen atoms in total. The molecule has 0 aromatic rings. The van der Waals surface area contributed by atoms with Crippen molar-refractivity contribution < 1.29 is 9.53 Å². The Bertz CT molecular complexity index is 230. The minimum atomic E-state index is -0.0463. The summed E-state index contributed by atoms with van der Waals surface area (Å²) in [5, 5.41) is 0. The fourth-order valence-electron chi connectivity index (χ4n) is 1.69. The molecule has 0 bridgehead atoms. The lowest BCUT2D eigenvalue weighted by atomic mass is 9.82. The van der Waals surface area contributed by atoms with Crippen molar-refractivity contribution in [2.45, 2.75) is 39.7 Å². The molecular weight excluding hydrogens is 176 g/mol. The standard InChI is InChI=1S/C12H20O2/c1-5-9(2)10(13)8-11-12(3,4)6-7-14-11/h5,9,11H,1,6-8H2,2-4H3. The minimum Gasteiger partial charge on any atom is -0.377 e. The summed E-state index contributed by atoms with van der Waals surface area (Å²) in [5.74, 6) is 0.190. The number of hydrogen-bond acceptors (Lipinski definition) is 2. The van der Waals surface area contributed by atoms with Gasteiger partial charge in [-0.25, -0.2) is 0 Å². The van der Waals surface area contributed by atoms with Crippen LogP contribution in [0.25, 0.3) is 0 Å². The summed E-state index contributed by atoms with van der Waals surface area (Å²) < 4.78 is 5.58. The van der Waals surface area contributed by atoms with Gasteiger partial charge in [0.05, 0.1) is 6.10 Å². The van der Waals surface area contributed by atoms with Gasteiger partial charge in [-0.15, -0.1) is 6.58 Å². The Labute approximate surface area is 86.3 Å². The highest BCUT2D eigenvalue weighted by atomic mass is 16.5. The summed E-state index contributed by atoms with van der Waals surface area (Å²) in [7, 11) is 0. The second-order valence-corrected chi connectivity index (χ2v) is 4.79. The van der Waals surface area contributed by atoms with Gasteiger partial charge >= 0.3 is 0 Å². The van der Waals surface area contributed by atoms with Crippen LogP contribution in [0, 0.1) is 11.3 Å². The van der Waals surface area contributed by atoms with Gasteiger partial charge in [-0.05, 0) is 11.8 Å². The molecule has 0 aliphatic carbocycles. The Balaban J connectivity index is 2.52. The maximum atomic E-state index is 11.7. The van der Waals surface area contributed by atoms with Gasteiger partial charge in [0.1, 0.15) is 5.78 Å². The molecule has 1 heterocycles. The molecule has 14 heavy (non-hydrogen) atoms. The molecular formula is C12H20O2. The third-order valence-electron chi connectivity index (χ3n) is 3.19. The van der Waals surface area contributed by atoms with Crippen LogP contribution in [0.3, 0.4) is 0 Å². The second kappa shape index (κ2) is 4.26. The lowest BCUT2D eigenvalue weighted by Gasteiger charge is -2.25. The number of ketones is 1. The molecule has 1 rings (SSSR count). The Hall–Kier alpha value is -0.630. The van der Waals surface area contributed by atoms with E-state index in [-0.39, 0.29) is 23.2 Å².